The SMILES string of the molecule is O=C1CN(CC(=O)N[C@H](c2ccccc2)C2CCCCC2)CCN1. The summed E-state index contributed by atoms with van der Waals surface area (Å²) >= 11 is 0. The van der Waals surface area contributed by atoms with Crippen LogP contribution in [0.2, 0.25) is 0 Å². The summed E-state index contributed by atoms with van der Waals surface area (Å²) in [4.78, 5) is 25.9. The molecule has 1 aliphatic heterocycles. The molecule has 1 aliphatic carbocycles. The monoisotopic (exact) mass is 329 g/mol. The first-order valence-electron chi connectivity index (χ1n) is 9.06. The van der Waals surface area contributed by atoms with Crippen LogP contribution in [-0.2, 0) is 9.59 Å². The van der Waals surface area contributed by atoms with Gasteiger partial charge in [0.2, 0.25) is 11.8 Å². The highest BCUT2D eigenvalue weighted by molar-refractivity contribution is 5.82. The number of piperazine rings is 1. The highest BCUT2D eigenvalue weighted by Gasteiger charge is 2.27. The Morgan fingerprint density at radius 2 is 1.96 bits per heavy atom. The zero-order chi connectivity index (χ0) is 16.8. The van der Waals surface area contributed by atoms with Crippen LogP contribution in [0.3, 0.4) is 0 Å². The molecule has 2 N–H and O–H groups in total. The minimum Gasteiger partial charge on any atom is -0.354 e. The number of carbonyl (C=O) groups excluding carboxylic acids is 2. The number of hydrogen-bond donors (Lipinski definition) is 2. The molecule has 130 valence electrons. The number of amides is 2. The second-order valence-corrected chi connectivity index (χ2v) is 6.91. The van der Waals surface area contributed by atoms with Crippen molar-refractivity contribution < 1.29 is 9.59 Å². The fourth-order valence-electron chi connectivity index (χ4n) is 3.85. The van der Waals surface area contributed by atoms with Gasteiger partial charge in [0, 0.05) is 13.1 Å². The molecule has 0 radical (unpaired) electrons. The summed E-state index contributed by atoms with van der Waals surface area (Å²) in [6, 6.07) is 10.4. The molecule has 2 aliphatic rings. The first-order valence-corrected chi connectivity index (χ1v) is 9.06. The molecule has 1 aromatic rings. The molecule has 5 heteroatoms. The zero-order valence-corrected chi connectivity index (χ0v) is 14.2. The molecule has 1 saturated carbocycles. The van der Waals surface area contributed by atoms with Gasteiger partial charge in [0.1, 0.15) is 0 Å². The summed E-state index contributed by atoms with van der Waals surface area (Å²) < 4.78 is 0. The second-order valence-electron chi connectivity index (χ2n) is 6.91. The van der Waals surface area contributed by atoms with Crippen molar-refractivity contribution in [1.29, 1.82) is 0 Å². The van der Waals surface area contributed by atoms with Crippen molar-refractivity contribution in [1.82, 2.24) is 15.5 Å². The molecule has 0 bridgehead atoms. The summed E-state index contributed by atoms with van der Waals surface area (Å²) in [7, 11) is 0. The second kappa shape index (κ2) is 8.29. The Morgan fingerprint density at radius 1 is 1.21 bits per heavy atom. The van der Waals surface area contributed by atoms with Crippen molar-refractivity contribution in [2.75, 3.05) is 26.2 Å². The van der Waals surface area contributed by atoms with E-state index in [4.69, 9.17) is 0 Å². The van der Waals surface area contributed by atoms with Crippen LogP contribution >= 0.6 is 0 Å². The van der Waals surface area contributed by atoms with E-state index in [1.807, 2.05) is 23.1 Å². The lowest BCUT2D eigenvalue weighted by Gasteiger charge is -2.32. The van der Waals surface area contributed by atoms with Gasteiger partial charge in [-0.25, -0.2) is 0 Å². The molecule has 1 aromatic carbocycles. The van der Waals surface area contributed by atoms with Crippen LogP contribution in [0.25, 0.3) is 0 Å². The molecular weight excluding hydrogens is 302 g/mol. The average molecular weight is 329 g/mol. The third kappa shape index (κ3) is 4.57. The Morgan fingerprint density at radius 3 is 2.67 bits per heavy atom. The average Bonchev–Trinajstić information content (AvgIpc) is 2.61. The van der Waals surface area contributed by atoms with E-state index in [0.29, 0.717) is 25.6 Å². The van der Waals surface area contributed by atoms with Crippen molar-refractivity contribution >= 4 is 11.8 Å². The van der Waals surface area contributed by atoms with Crippen molar-refractivity contribution in [3.63, 3.8) is 0 Å². The van der Waals surface area contributed by atoms with Gasteiger partial charge in [0.25, 0.3) is 0 Å². The quantitative estimate of drug-likeness (QED) is 0.867. The maximum Gasteiger partial charge on any atom is 0.234 e. The summed E-state index contributed by atoms with van der Waals surface area (Å²) in [5, 5.41) is 6.04. The molecule has 2 fully saturated rings. The largest absolute Gasteiger partial charge is 0.354 e. The highest BCUT2D eigenvalue weighted by atomic mass is 16.2. The van der Waals surface area contributed by atoms with E-state index in [1.165, 1.54) is 37.7 Å². The van der Waals surface area contributed by atoms with Crippen molar-refractivity contribution in [2.24, 2.45) is 5.92 Å². The number of benzene rings is 1. The first kappa shape index (κ1) is 17.0. The van der Waals surface area contributed by atoms with Gasteiger partial charge in [-0.1, -0.05) is 49.6 Å². The standard InChI is InChI=1S/C19H27N3O2/c23-17-13-22(12-11-20-17)14-18(24)21-19(15-7-3-1-4-8-15)16-9-5-2-6-10-16/h1,3-4,7-8,16,19H,2,5-6,9-14H2,(H,20,23)(H,21,24)/t19-/m1/s1. The summed E-state index contributed by atoms with van der Waals surface area (Å²) in [5.41, 5.74) is 1.19. The molecular formula is C19H27N3O2. The van der Waals surface area contributed by atoms with Crippen LogP contribution < -0.4 is 10.6 Å². The van der Waals surface area contributed by atoms with Gasteiger partial charge in [-0.05, 0) is 24.3 Å². The van der Waals surface area contributed by atoms with E-state index in [9.17, 15) is 9.59 Å². The fraction of sp³-hybridized carbons (Fsp3) is 0.579. The van der Waals surface area contributed by atoms with E-state index in [2.05, 4.69) is 22.8 Å². The highest BCUT2D eigenvalue weighted by Crippen LogP contribution is 2.34. The van der Waals surface area contributed by atoms with Crippen LogP contribution in [0.5, 0.6) is 0 Å². The van der Waals surface area contributed by atoms with Crippen LogP contribution in [0.15, 0.2) is 30.3 Å². The number of nitrogens with one attached hydrogen (secondary N) is 2. The minimum absolute atomic E-state index is 0.000870. The van der Waals surface area contributed by atoms with E-state index in [-0.39, 0.29) is 17.9 Å². The third-order valence-electron chi connectivity index (χ3n) is 5.08. The zero-order valence-electron chi connectivity index (χ0n) is 14.2. The molecule has 3 rings (SSSR count). The Hall–Kier alpha value is -1.88. The van der Waals surface area contributed by atoms with Gasteiger partial charge in [-0.15, -0.1) is 0 Å². The van der Waals surface area contributed by atoms with Gasteiger partial charge in [-0.3, -0.25) is 14.5 Å². The van der Waals surface area contributed by atoms with Gasteiger partial charge in [-0.2, -0.15) is 0 Å². The Labute approximate surface area is 143 Å². The number of nitrogens with zero attached hydrogens (tertiary/aromatic N) is 1. The molecule has 1 atom stereocenters. The van der Waals surface area contributed by atoms with Gasteiger partial charge in [0.15, 0.2) is 0 Å². The van der Waals surface area contributed by atoms with Crippen LogP contribution in [0.4, 0.5) is 0 Å². The molecule has 0 unspecified atom stereocenters. The van der Waals surface area contributed by atoms with Gasteiger partial charge >= 0.3 is 0 Å². The Kier molecular flexibility index (Phi) is 5.86. The van der Waals surface area contributed by atoms with E-state index in [1.54, 1.807) is 0 Å². The molecule has 1 saturated heterocycles. The van der Waals surface area contributed by atoms with Crippen LogP contribution in [0.1, 0.15) is 43.7 Å². The van der Waals surface area contributed by atoms with Crippen molar-refractivity contribution in [3.8, 4) is 0 Å². The lowest BCUT2D eigenvalue weighted by atomic mass is 9.81. The molecule has 24 heavy (non-hydrogen) atoms. The van der Waals surface area contributed by atoms with Crippen LogP contribution in [-0.4, -0.2) is 42.9 Å². The predicted octanol–water partition coefficient (Wildman–Crippen LogP) is 1.86. The summed E-state index contributed by atoms with van der Waals surface area (Å²) in [6.45, 7) is 1.96. The fourth-order valence-corrected chi connectivity index (χ4v) is 3.85. The van der Waals surface area contributed by atoms with Crippen LogP contribution in [0, 0.1) is 5.92 Å². The van der Waals surface area contributed by atoms with E-state index < -0.39 is 0 Å². The summed E-state index contributed by atoms with van der Waals surface area (Å²) in [6.07, 6.45) is 6.14. The van der Waals surface area contributed by atoms with Crippen molar-refractivity contribution in [2.45, 2.75) is 38.1 Å². The molecule has 1 heterocycles. The van der Waals surface area contributed by atoms with E-state index in [0.717, 1.165) is 6.54 Å². The minimum atomic E-state index is 0.000870. The first-order chi connectivity index (χ1) is 11.7. The normalized spacial score (nSPS) is 21.1. The molecule has 0 spiro atoms. The number of hydrogen-bond acceptors (Lipinski definition) is 3. The lowest BCUT2D eigenvalue weighted by Crippen LogP contribution is -2.51. The molecule has 2 amide bonds. The topological polar surface area (TPSA) is 61.4 Å². The number of carbonyl (C=O) groups is 2. The number of rotatable bonds is 5. The Balaban J connectivity index is 1.64. The van der Waals surface area contributed by atoms with Gasteiger partial charge < -0.3 is 10.6 Å². The smallest absolute Gasteiger partial charge is 0.234 e. The molecule has 5 nitrogen and oxygen atoms in total. The maximum atomic E-state index is 12.6. The van der Waals surface area contributed by atoms with Crippen molar-refractivity contribution in [3.05, 3.63) is 35.9 Å². The van der Waals surface area contributed by atoms with Gasteiger partial charge in [0.05, 0.1) is 19.1 Å². The Bertz CT molecular complexity index is 555. The summed E-state index contributed by atoms with van der Waals surface area (Å²) in [5.74, 6) is 0.528. The maximum absolute atomic E-state index is 12.6. The van der Waals surface area contributed by atoms with E-state index >= 15 is 0 Å². The predicted molar refractivity (Wildman–Crippen MR) is 93.4 cm³/mol. The molecule has 0 aromatic heterocycles. The lowest BCUT2D eigenvalue weighted by molar-refractivity contribution is -0.127. The third-order valence-corrected chi connectivity index (χ3v) is 5.08.